The van der Waals surface area contributed by atoms with Crippen LogP contribution in [0.2, 0.25) is 0 Å². The summed E-state index contributed by atoms with van der Waals surface area (Å²) in [4.78, 5) is 0. The summed E-state index contributed by atoms with van der Waals surface area (Å²) in [5.74, 6) is 0. The molecule has 1 N–H and O–H groups in total. The highest BCUT2D eigenvalue weighted by Gasteiger charge is 2.20. The smallest absolute Gasteiger partial charge is 0.0847 e. The van der Waals surface area contributed by atoms with E-state index in [1.165, 1.54) is 11.2 Å². The molecule has 0 amide bonds. The summed E-state index contributed by atoms with van der Waals surface area (Å²) in [5.41, 5.74) is 2.67. The average Bonchev–Trinajstić information content (AvgIpc) is 2.50. The lowest BCUT2D eigenvalue weighted by Gasteiger charge is -2.19. The summed E-state index contributed by atoms with van der Waals surface area (Å²) in [7, 11) is 0. The molecule has 0 saturated carbocycles. The number of rotatable bonds is 2. The van der Waals surface area contributed by atoms with E-state index >= 15 is 0 Å². The molecule has 2 heteroatoms. The molecule has 0 spiro atoms. The second-order valence-corrected chi connectivity index (χ2v) is 4.83. The van der Waals surface area contributed by atoms with Crippen molar-refractivity contribution in [3.8, 4) is 0 Å². The van der Waals surface area contributed by atoms with Gasteiger partial charge in [0.05, 0.1) is 5.60 Å². The van der Waals surface area contributed by atoms with Gasteiger partial charge in [0.25, 0.3) is 0 Å². The molecule has 0 unspecified atom stereocenters. The van der Waals surface area contributed by atoms with Crippen molar-refractivity contribution in [1.82, 2.24) is 4.57 Å². The summed E-state index contributed by atoms with van der Waals surface area (Å²) >= 11 is 0. The summed E-state index contributed by atoms with van der Waals surface area (Å²) in [5, 5.41) is 11.3. The second kappa shape index (κ2) is 3.63. The average molecular weight is 217 g/mol. The van der Waals surface area contributed by atoms with Crippen molar-refractivity contribution in [3.05, 3.63) is 35.5 Å². The molecule has 2 nitrogen and oxygen atoms in total. The molecule has 2 rings (SSSR count). The molecule has 0 aliphatic heterocycles. The van der Waals surface area contributed by atoms with Crippen LogP contribution in [-0.4, -0.2) is 9.67 Å². The van der Waals surface area contributed by atoms with Gasteiger partial charge in [0.15, 0.2) is 0 Å². The van der Waals surface area contributed by atoms with Crippen LogP contribution in [-0.2, 0) is 12.1 Å². The predicted molar refractivity (Wildman–Crippen MR) is 67.6 cm³/mol. The van der Waals surface area contributed by atoms with Gasteiger partial charge in [-0.15, -0.1) is 0 Å². The number of hydrogen-bond acceptors (Lipinski definition) is 1. The van der Waals surface area contributed by atoms with Crippen molar-refractivity contribution in [1.29, 1.82) is 0 Å². The Morgan fingerprint density at radius 3 is 2.56 bits per heavy atom. The van der Waals surface area contributed by atoms with E-state index in [1.807, 2.05) is 26.0 Å². The fraction of sp³-hybridized carbons (Fsp3) is 0.429. The first-order valence-electron chi connectivity index (χ1n) is 5.77. The third kappa shape index (κ3) is 1.63. The molecular weight excluding hydrogens is 198 g/mol. The van der Waals surface area contributed by atoms with E-state index in [4.69, 9.17) is 0 Å². The van der Waals surface area contributed by atoms with E-state index in [-0.39, 0.29) is 0 Å². The van der Waals surface area contributed by atoms with Crippen LogP contribution >= 0.6 is 0 Å². The van der Waals surface area contributed by atoms with Gasteiger partial charge >= 0.3 is 0 Å². The molecule has 0 radical (unpaired) electrons. The van der Waals surface area contributed by atoms with Gasteiger partial charge in [0.1, 0.15) is 0 Å². The van der Waals surface area contributed by atoms with E-state index in [0.29, 0.717) is 0 Å². The lowest BCUT2D eigenvalue weighted by molar-refractivity contribution is 0.0802. The molecule has 16 heavy (non-hydrogen) atoms. The molecule has 1 aromatic heterocycles. The lowest BCUT2D eigenvalue weighted by Crippen LogP contribution is -2.15. The maximum Gasteiger partial charge on any atom is 0.0847 e. The van der Waals surface area contributed by atoms with Gasteiger partial charge in [-0.25, -0.2) is 0 Å². The van der Waals surface area contributed by atoms with E-state index < -0.39 is 5.60 Å². The Balaban J connectivity index is 2.80. The first kappa shape index (κ1) is 11.2. The third-order valence-corrected chi connectivity index (χ3v) is 3.13. The van der Waals surface area contributed by atoms with Crippen molar-refractivity contribution in [2.24, 2.45) is 0 Å². The highest BCUT2D eigenvalue weighted by molar-refractivity contribution is 5.85. The second-order valence-electron chi connectivity index (χ2n) is 4.83. The van der Waals surface area contributed by atoms with Gasteiger partial charge in [0.2, 0.25) is 0 Å². The molecule has 0 atom stereocenters. The van der Waals surface area contributed by atoms with E-state index in [2.05, 4.69) is 30.5 Å². The summed E-state index contributed by atoms with van der Waals surface area (Å²) in [6, 6.07) is 8.29. The van der Waals surface area contributed by atoms with E-state index in [0.717, 1.165) is 17.5 Å². The van der Waals surface area contributed by atoms with Gasteiger partial charge in [-0.2, -0.15) is 0 Å². The molecule has 0 fully saturated rings. The maximum atomic E-state index is 10.2. The number of nitrogens with zero attached hydrogens (tertiary/aromatic N) is 1. The van der Waals surface area contributed by atoms with E-state index in [1.54, 1.807) is 0 Å². The number of hydrogen-bond donors (Lipinski definition) is 1. The van der Waals surface area contributed by atoms with Crippen molar-refractivity contribution < 1.29 is 5.11 Å². The maximum absolute atomic E-state index is 10.2. The predicted octanol–water partition coefficient (Wildman–Crippen LogP) is 3.20. The zero-order valence-corrected chi connectivity index (χ0v) is 10.4. The Hall–Kier alpha value is -1.28. The van der Waals surface area contributed by atoms with Crippen LogP contribution in [0.5, 0.6) is 0 Å². The van der Waals surface area contributed by atoms with Crippen LogP contribution in [0.3, 0.4) is 0 Å². The molecule has 86 valence electrons. The van der Waals surface area contributed by atoms with Crippen molar-refractivity contribution >= 4 is 10.9 Å². The third-order valence-electron chi connectivity index (χ3n) is 3.13. The van der Waals surface area contributed by atoms with Gasteiger partial charge in [-0.3, -0.25) is 0 Å². The zero-order valence-electron chi connectivity index (χ0n) is 10.4. The van der Waals surface area contributed by atoms with Crippen molar-refractivity contribution in [3.63, 3.8) is 0 Å². The van der Waals surface area contributed by atoms with Crippen LogP contribution in [0.1, 0.15) is 32.0 Å². The van der Waals surface area contributed by atoms with Gasteiger partial charge in [-0.05, 0) is 45.4 Å². The first-order chi connectivity index (χ1) is 7.45. The number of aliphatic hydroxyl groups is 1. The minimum Gasteiger partial charge on any atom is -0.386 e. The largest absolute Gasteiger partial charge is 0.386 e. The fourth-order valence-electron chi connectivity index (χ4n) is 2.37. The normalized spacial score (nSPS) is 12.3. The Kier molecular flexibility index (Phi) is 2.55. The van der Waals surface area contributed by atoms with Crippen LogP contribution in [0.25, 0.3) is 10.9 Å². The highest BCUT2D eigenvalue weighted by atomic mass is 16.3. The van der Waals surface area contributed by atoms with Crippen molar-refractivity contribution in [2.45, 2.75) is 39.8 Å². The SMILES string of the molecule is CCn1c(C)cc2c(C(C)(C)O)cccc21. The molecule has 0 aliphatic rings. The Bertz CT molecular complexity index is 517. The number of fused-ring (bicyclic) bond motifs is 1. The summed E-state index contributed by atoms with van der Waals surface area (Å²) in [6.07, 6.45) is 0. The number of aryl methyl sites for hydroxylation is 2. The summed E-state index contributed by atoms with van der Waals surface area (Å²) in [6.45, 7) is 8.88. The molecule has 0 bridgehead atoms. The number of benzene rings is 1. The minimum atomic E-state index is -0.786. The molecule has 1 heterocycles. The minimum absolute atomic E-state index is 0.786. The van der Waals surface area contributed by atoms with Gasteiger partial charge in [-0.1, -0.05) is 12.1 Å². The van der Waals surface area contributed by atoms with Crippen LogP contribution in [0, 0.1) is 6.92 Å². The monoisotopic (exact) mass is 217 g/mol. The molecule has 0 aliphatic carbocycles. The fourth-order valence-corrected chi connectivity index (χ4v) is 2.37. The molecule has 1 aromatic carbocycles. The first-order valence-corrected chi connectivity index (χ1v) is 5.77. The lowest BCUT2D eigenvalue weighted by atomic mass is 9.95. The van der Waals surface area contributed by atoms with Crippen molar-refractivity contribution in [2.75, 3.05) is 0 Å². The van der Waals surface area contributed by atoms with Gasteiger partial charge < -0.3 is 9.67 Å². The Labute approximate surface area is 96.5 Å². The van der Waals surface area contributed by atoms with E-state index in [9.17, 15) is 5.11 Å². The molecule has 0 saturated heterocycles. The molecule has 2 aromatic rings. The van der Waals surface area contributed by atoms with Crippen LogP contribution < -0.4 is 0 Å². The summed E-state index contributed by atoms with van der Waals surface area (Å²) < 4.78 is 2.27. The van der Waals surface area contributed by atoms with Crippen LogP contribution in [0.15, 0.2) is 24.3 Å². The quantitative estimate of drug-likeness (QED) is 0.821. The Morgan fingerprint density at radius 1 is 1.31 bits per heavy atom. The number of aromatic nitrogens is 1. The molecular formula is C14H19NO. The standard InChI is InChI=1S/C14H19NO/c1-5-15-10(2)9-11-12(14(3,4)16)7-6-8-13(11)15/h6-9,16H,5H2,1-4H3. The zero-order chi connectivity index (χ0) is 11.9. The topological polar surface area (TPSA) is 25.2 Å². The van der Waals surface area contributed by atoms with Gasteiger partial charge in [0, 0.05) is 23.1 Å². The highest BCUT2D eigenvalue weighted by Crippen LogP contribution is 2.30. The Morgan fingerprint density at radius 2 is 2.00 bits per heavy atom. The van der Waals surface area contributed by atoms with Crippen LogP contribution in [0.4, 0.5) is 0 Å².